The molecule has 4 heteroatoms. The van der Waals surface area contributed by atoms with E-state index in [1.165, 1.54) is 0 Å². The highest BCUT2D eigenvalue weighted by Gasteiger charge is 2.26. The molecule has 1 aromatic rings. The van der Waals surface area contributed by atoms with Crippen molar-refractivity contribution >= 4 is 23.2 Å². The predicted octanol–water partition coefficient (Wildman–Crippen LogP) is 2.96. The van der Waals surface area contributed by atoms with Gasteiger partial charge < -0.3 is 5.32 Å². The van der Waals surface area contributed by atoms with Crippen molar-refractivity contribution in [3.63, 3.8) is 0 Å². The summed E-state index contributed by atoms with van der Waals surface area (Å²) in [7, 11) is 2.13. The molecule has 16 heavy (non-hydrogen) atoms. The molecule has 0 radical (unpaired) electrons. The van der Waals surface area contributed by atoms with Crippen LogP contribution in [-0.2, 0) is 0 Å². The fourth-order valence-corrected chi connectivity index (χ4v) is 2.39. The van der Waals surface area contributed by atoms with Crippen LogP contribution in [0.4, 0.5) is 0 Å². The number of nitrogens with zero attached hydrogens (tertiary/aromatic N) is 1. The van der Waals surface area contributed by atoms with Crippen LogP contribution in [0, 0.1) is 0 Å². The molecule has 0 saturated carbocycles. The zero-order valence-electron chi connectivity index (χ0n) is 9.50. The lowest BCUT2D eigenvalue weighted by molar-refractivity contribution is 0.136. The lowest BCUT2D eigenvalue weighted by Gasteiger charge is -2.39. The van der Waals surface area contributed by atoms with E-state index in [0.29, 0.717) is 12.1 Å². The topological polar surface area (TPSA) is 15.3 Å². The molecule has 2 rings (SSSR count). The summed E-state index contributed by atoms with van der Waals surface area (Å²) in [6, 6.07) is 6.54. The number of hydrogen-bond donors (Lipinski definition) is 1. The molecule has 0 spiro atoms. The highest BCUT2D eigenvalue weighted by molar-refractivity contribution is 6.33. The van der Waals surface area contributed by atoms with Gasteiger partial charge in [0.2, 0.25) is 0 Å². The van der Waals surface area contributed by atoms with Gasteiger partial charge in [0.15, 0.2) is 0 Å². The van der Waals surface area contributed by atoms with Crippen molar-refractivity contribution < 1.29 is 0 Å². The van der Waals surface area contributed by atoms with Gasteiger partial charge in [-0.2, -0.15) is 0 Å². The van der Waals surface area contributed by atoms with Gasteiger partial charge in [-0.15, -0.1) is 0 Å². The monoisotopic (exact) mass is 258 g/mol. The van der Waals surface area contributed by atoms with Gasteiger partial charge in [0.25, 0.3) is 0 Å². The summed E-state index contributed by atoms with van der Waals surface area (Å²) in [5.74, 6) is 0. The molecule has 0 aromatic heterocycles. The molecule has 88 valence electrons. The van der Waals surface area contributed by atoms with Crippen molar-refractivity contribution in [1.82, 2.24) is 10.2 Å². The first-order valence-electron chi connectivity index (χ1n) is 5.47. The van der Waals surface area contributed by atoms with Gasteiger partial charge in [-0.1, -0.05) is 23.2 Å². The zero-order valence-corrected chi connectivity index (χ0v) is 11.0. The van der Waals surface area contributed by atoms with E-state index >= 15 is 0 Å². The van der Waals surface area contributed by atoms with E-state index in [4.69, 9.17) is 23.2 Å². The quantitative estimate of drug-likeness (QED) is 0.897. The Balaban J connectivity index is 2.18. The molecule has 1 heterocycles. The number of halogens is 2. The molecular formula is C12H16Cl2N2. The smallest absolute Gasteiger partial charge is 0.0454 e. The summed E-state index contributed by atoms with van der Waals surface area (Å²) < 4.78 is 0. The largest absolute Gasteiger partial charge is 0.314 e. The van der Waals surface area contributed by atoms with E-state index in [0.717, 1.165) is 28.7 Å². The molecule has 2 nitrogen and oxygen atoms in total. The van der Waals surface area contributed by atoms with Gasteiger partial charge in [0.1, 0.15) is 0 Å². The van der Waals surface area contributed by atoms with Crippen LogP contribution in [0.2, 0.25) is 10.0 Å². The second kappa shape index (κ2) is 4.92. The molecule has 0 aliphatic carbocycles. The first-order chi connectivity index (χ1) is 7.59. The van der Waals surface area contributed by atoms with E-state index < -0.39 is 0 Å². The Kier molecular flexibility index (Phi) is 3.75. The van der Waals surface area contributed by atoms with Crippen LogP contribution in [-0.4, -0.2) is 31.1 Å². The Morgan fingerprint density at radius 2 is 2.06 bits per heavy atom. The third-order valence-electron chi connectivity index (χ3n) is 3.35. The second-order valence-electron chi connectivity index (χ2n) is 4.32. The van der Waals surface area contributed by atoms with Gasteiger partial charge in [0, 0.05) is 35.2 Å². The van der Waals surface area contributed by atoms with Gasteiger partial charge in [-0.05, 0) is 37.7 Å². The van der Waals surface area contributed by atoms with Crippen LogP contribution in [0.5, 0.6) is 0 Å². The van der Waals surface area contributed by atoms with Gasteiger partial charge in [0.05, 0.1) is 0 Å². The Labute approximate surface area is 107 Å². The summed E-state index contributed by atoms with van der Waals surface area (Å²) in [6.45, 7) is 4.27. The average Bonchev–Trinajstić information content (AvgIpc) is 2.18. The number of likely N-dealkylation sites (N-methyl/N-ethyl adjacent to an activating group) is 1. The van der Waals surface area contributed by atoms with Crippen molar-refractivity contribution in [1.29, 1.82) is 0 Å². The van der Waals surface area contributed by atoms with Crippen LogP contribution in [0.3, 0.4) is 0 Å². The fourth-order valence-electron chi connectivity index (χ4n) is 1.93. The molecule has 1 unspecified atom stereocenters. The second-order valence-corrected chi connectivity index (χ2v) is 5.16. The summed E-state index contributed by atoms with van der Waals surface area (Å²) in [4.78, 5) is 2.34. The lowest BCUT2D eigenvalue weighted by atomic mass is 10.0. The molecule has 1 N–H and O–H groups in total. The van der Waals surface area contributed by atoms with E-state index in [-0.39, 0.29) is 0 Å². The third kappa shape index (κ3) is 2.35. The maximum absolute atomic E-state index is 6.20. The Morgan fingerprint density at radius 1 is 1.38 bits per heavy atom. The van der Waals surface area contributed by atoms with Crippen molar-refractivity contribution in [3.8, 4) is 0 Å². The highest BCUT2D eigenvalue weighted by atomic mass is 35.5. The molecule has 1 aliphatic heterocycles. The van der Waals surface area contributed by atoms with Crippen molar-refractivity contribution in [2.24, 2.45) is 0 Å². The Bertz CT molecular complexity index is 377. The Morgan fingerprint density at radius 3 is 2.62 bits per heavy atom. The van der Waals surface area contributed by atoms with Gasteiger partial charge >= 0.3 is 0 Å². The third-order valence-corrected chi connectivity index (χ3v) is 3.93. The number of rotatable bonds is 3. The van der Waals surface area contributed by atoms with Gasteiger partial charge in [-0.25, -0.2) is 0 Å². The van der Waals surface area contributed by atoms with Crippen LogP contribution in [0.25, 0.3) is 0 Å². The van der Waals surface area contributed by atoms with Crippen LogP contribution in [0.1, 0.15) is 18.5 Å². The first-order valence-corrected chi connectivity index (χ1v) is 6.23. The maximum atomic E-state index is 6.20. The van der Waals surface area contributed by atoms with Crippen LogP contribution < -0.4 is 5.32 Å². The molecular weight excluding hydrogens is 243 g/mol. The molecule has 0 bridgehead atoms. The number of nitrogens with one attached hydrogen (secondary N) is 1. The lowest BCUT2D eigenvalue weighted by Crippen LogP contribution is -2.56. The van der Waals surface area contributed by atoms with Crippen LogP contribution >= 0.6 is 23.2 Å². The van der Waals surface area contributed by atoms with Gasteiger partial charge in [-0.3, -0.25) is 4.90 Å². The first kappa shape index (κ1) is 12.2. The standard InChI is InChI=1S/C12H16Cl2N2/c1-8(16(2)10-6-15-7-10)11-5-9(13)3-4-12(11)14/h3-5,8,10,15H,6-7H2,1-2H3. The zero-order chi connectivity index (χ0) is 11.7. The summed E-state index contributed by atoms with van der Waals surface area (Å²) in [5, 5.41) is 4.80. The molecule has 1 fully saturated rings. The van der Waals surface area contributed by atoms with Crippen LogP contribution in [0.15, 0.2) is 18.2 Å². The highest BCUT2D eigenvalue weighted by Crippen LogP contribution is 2.30. The summed E-state index contributed by atoms with van der Waals surface area (Å²) in [5.41, 5.74) is 1.10. The molecule has 1 atom stereocenters. The predicted molar refractivity (Wildman–Crippen MR) is 69.3 cm³/mol. The van der Waals surface area contributed by atoms with Crippen molar-refractivity contribution in [2.45, 2.75) is 19.0 Å². The SMILES string of the molecule is CC(c1cc(Cl)ccc1Cl)N(C)C1CNC1. The summed E-state index contributed by atoms with van der Waals surface area (Å²) >= 11 is 12.2. The number of benzene rings is 1. The van der Waals surface area contributed by atoms with E-state index in [1.54, 1.807) is 0 Å². The molecule has 1 aromatic carbocycles. The van der Waals surface area contributed by atoms with Crippen molar-refractivity contribution in [2.75, 3.05) is 20.1 Å². The molecule has 1 saturated heterocycles. The normalized spacial score (nSPS) is 18.6. The molecule has 1 aliphatic rings. The minimum Gasteiger partial charge on any atom is -0.314 e. The maximum Gasteiger partial charge on any atom is 0.0454 e. The average molecular weight is 259 g/mol. The Hall–Kier alpha value is -0.280. The number of hydrogen-bond acceptors (Lipinski definition) is 2. The fraction of sp³-hybridized carbons (Fsp3) is 0.500. The van der Waals surface area contributed by atoms with E-state index in [1.807, 2.05) is 18.2 Å². The minimum atomic E-state index is 0.290. The van der Waals surface area contributed by atoms with E-state index in [2.05, 4.69) is 24.2 Å². The van der Waals surface area contributed by atoms with E-state index in [9.17, 15) is 0 Å². The summed E-state index contributed by atoms with van der Waals surface area (Å²) in [6.07, 6.45) is 0. The molecule has 0 amide bonds. The minimum absolute atomic E-state index is 0.290. The van der Waals surface area contributed by atoms with Crippen molar-refractivity contribution in [3.05, 3.63) is 33.8 Å².